The summed E-state index contributed by atoms with van der Waals surface area (Å²) in [7, 11) is 0. The van der Waals surface area contributed by atoms with E-state index in [0.29, 0.717) is 11.7 Å². The lowest BCUT2D eigenvalue weighted by molar-refractivity contribution is 0.100. The maximum absolute atomic E-state index is 5.65. The lowest BCUT2D eigenvalue weighted by Crippen LogP contribution is -2.33. The summed E-state index contributed by atoms with van der Waals surface area (Å²) in [4.78, 5) is 6.83. The minimum Gasteiger partial charge on any atom is -0.360 e. The zero-order valence-corrected chi connectivity index (χ0v) is 14.4. The van der Waals surface area contributed by atoms with Crippen molar-refractivity contribution in [1.29, 1.82) is 0 Å². The molecule has 1 saturated carbocycles. The molecule has 2 aliphatic rings. The molecule has 3 heterocycles. The molecule has 1 saturated heterocycles. The van der Waals surface area contributed by atoms with Crippen LogP contribution in [0.2, 0.25) is 0 Å². The van der Waals surface area contributed by atoms with E-state index in [-0.39, 0.29) is 6.04 Å². The van der Waals surface area contributed by atoms with Crippen molar-refractivity contribution in [2.45, 2.75) is 76.8 Å². The third-order valence-corrected chi connectivity index (χ3v) is 5.40. The van der Waals surface area contributed by atoms with Gasteiger partial charge in [0.2, 0.25) is 5.89 Å². The van der Waals surface area contributed by atoms with Crippen LogP contribution in [0.1, 0.15) is 86.5 Å². The number of hydrogen-bond donors (Lipinski definition) is 0. The number of nitrogens with zero attached hydrogens (tertiary/aromatic N) is 4. The molecule has 1 aliphatic heterocycles. The Labute approximate surface area is 142 Å². The molecule has 0 aromatic carbocycles. The number of aryl methyl sites for hydroxylation is 1. The third-order valence-electron chi connectivity index (χ3n) is 5.40. The second kappa shape index (κ2) is 7.05. The molecule has 0 unspecified atom stereocenters. The maximum atomic E-state index is 5.65. The fourth-order valence-electron chi connectivity index (χ4n) is 4.10. The number of hydrogen-bond acceptors (Lipinski definition) is 6. The van der Waals surface area contributed by atoms with E-state index in [9.17, 15) is 0 Å². The predicted molar refractivity (Wildman–Crippen MR) is 88.4 cm³/mol. The second-order valence-corrected chi connectivity index (χ2v) is 7.21. The SMILES string of the molecule is Cc1noc([C@H]2CCCCN2Cc2cc(C3CCCCC3)no2)n1. The lowest BCUT2D eigenvalue weighted by atomic mass is 9.87. The number of aromatic nitrogens is 3. The van der Waals surface area contributed by atoms with Gasteiger partial charge in [0.05, 0.1) is 18.3 Å². The van der Waals surface area contributed by atoms with E-state index in [2.05, 4.69) is 26.3 Å². The van der Waals surface area contributed by atoms with Crippen LogP contribution in [-0.2, 0) is 6.54 Å². The summed E-state index contributed by atoms with van der Waals surface area (Å²) in [5.41, 5.74) is 1.15. The number of piperidine rings is 1. The highest BCUT2D eigenvalue weighted by Gasteiger charge is 2.29. The summed E-state index contributed by atoms with van der Waals surface area (Å²) in [5, 5.41) is 8.30. The fraction of sp³-hybridized carbons (Fsp3) is 0.722. The van der Waals surface area contributed by atoms with Crippen LogP contribution in [-0.4, -0.2) is 26.7 Å². The summed E-state index contributed by atoms with van der Waals surface area (Å²) in [5.74, 6) is 2.99. The average molecular weight is 330 g/mol. The van der Waals surface area contributed by atoms with Crippen LogP contribution in [0.15, 0.2) is 15.1 Å². The van der Waals surface area contributed by atoms with Crippen molar-refractivity contribution in [3.05, 3.63) is 29.2 Å². The van der Waals surface area contributed by atoms with Crippen molar-refractivity contribution in [3.8, 4) is 0 Å². The van der Waals surface area contributed by atoms with Crippen LogP contribution in [0.3, 0.4) is 0 Å². The van der Waals surface area contributed by atoms with Gasteiger partial charge in [-0.05, 0) is 39.2 Å². The summed E-state index contributed by atoms with van der Waals surface area (Å²) in [6.07, 6.45) is 9.96. The van der Waals surface area contributed by atoms with Gasteiger partial charge in [-0.15, -0.1) is 0 Å². The van der Waals surface area contributed by atoms with Crippen LogP contribution in [0.25, 0.3) is 0 Å². The van der Waals surface area contributed by atoms with Crippen molar-refractivity contribution in [3.63, 3.8) is 0 Å². The zero-order chi connectivity index (χ0) is 16.4. The quantitative estimate of drug-likeness (QED) is 0.839. The molecule has 6 heteroatoms. The molecule has 0 radical (unpaired) electrons. The number of likely N-dealkylation sites (tertiary alicyclic amines) is 1. The Morgan fingerprint density at radius 2 is 1.88 bits per heavy atom. The largest absolute Gasteiger partial charge is 0.360 e. The van der Waals surface area contributed by atoms with E-state index in [1.165, 1.54) is 44.9 Å². The molecule has 1 atom stereocenters. The van der Waals surface area contributed by atoms with Gasteiger partial charge in [0.15, 0.2) is 11.6 Å². The summed E-state index contributed by atoms with van der Waals surface area (Å²) in [6, 6.07) is 2.36. The van der Waals surface area contributed by atoms with Crippen molar-refractivity contribution in [2.24, 2.45) is 0 Å². The van der Waals surface area contributed by atoms with E-state index in [0.717, 1.165) is 36.9 Å². The van der Waals surface area contributed by atoms with E-state index < -0.39 is 0 Å². The Bertz CT molecular complexity index is 660. The highest BCUT2D eigenvalue weighted by molar-refractivity contribution is 5.12. The van der Waals surface area contributed by atoms with Gasteiger partial charge in [0.25, 0.3) is 0 Å². The Kier molecular flexibility index (Phi) is 4.65. The van der Waals surface area contributed by atoms with E-state index in [4.69, 9.17) is 9.05 Å². The summed E-state index contributed by atoms with van der Waals surface area (Å²) >= 11 is 0. The zero-order valence-electron chi connectivity index (χ0n) is 14.4. The summed E-state index contributed by atoms with van der Waals surface area (Å²) in [6.45, 7) is 3.67. The molecule has 2 fully saturated rings. The minimum absolute atomic E-state index is 0.197. The highest BCUT2D eigenvalue weighted by Crippen LogP contribution is 2.34. The molecule has 4 rings (SSSR count). The topological polar surface area (TPSA) is 68.2 Å². The normalized spacial score (nSPS) is 23.6. The van der Waals surface area contributed by atoms with Gasteiger partial charge in [-0.1, -0.05) is 36.0 Å². The monoisotopic (exact) mass is 330 g/mol. The van der Waals surface area contributed by atoms with Gasteiger partial charge in [-0.2, -0.15) is 4.98 Å². The van der Waals surface area contributed by atoms with Gasteiger partial charge >= 0.3 is 0 Å². The third kappa shape index (κ3) is 3.38. The fourth-order valence-corrected chi connectivity index (χ4v) is 4.10. The molecule has 6 nitrogen and oxygen atoms in total. The molecule has 130 valence electrons. The van der Waals surface area contributed by atoms with Gasteiger partial charge in [-0.3, -0.25) is 4.90 Å². The standard InChI is InChI=1S/C18H26N4O2/c1-13-19-18(24-20-13)17-9-5-6-10-22(17)12-15-11-16(21-23-15)14-7-3-2-4-8-14/h11,14,17H,2-10,12H2,1H3/t17-/m1/s1. The Hall–Kier alpha value is -1.69. The average Bonchev–Trinajstić information content (AvgIpc) is 3.25. The van der Waals surface area contributed by atoms with E-state index in [1.54, 1.807) is 0 Å². The first kappa shape index (κ1) is 15.8. The molecule has 0 bridgehead atoms. The van der Waals surface area contributed by atoms with Crippen LogP contribution < -0.4 is 0 Å². The van der Waals surface area contributed by atoms with Crippen molar-refractivity contribution in [1.82, 2.24) is 20.2 Å². The van der Waals surface area contributed by atoms with Gasteiger partial charge < -0.3 is 9.05 Å². The molecule has 2 aromatic heterocycles. The molecule has 0 N–H and O–H groups in total. The van der Waals surface area contributed by atoms with Crippen LogP contribution in [0.4, 0.5) is 0 Å². The molecule has 0 amide bonds. The second-order valence-electron chi connectivity index (χ2n) is 7.21. The first-order valence-corrected chi connectivity index (χ1v) is 9.29. The first-order valence-electron chi connectivity index (χ1n) is 9.29. The Morgan fingerprint density at radius 1 is 1.04 bits per heavy atom. The Morgan fingerprint density at radius 3 is 2.67 bits per heavy atom. The lowest BCUT2D eigenvalue weighted by Gasteiger charge is -2.32. The number of rotatable bonds is 4. The van der Waals surface area contributed by atoms with Crippen LogP contribution in [0.5, 0.6) is 0 Å². The smallest absolute Gasteiger partial charge is 0.243 e. The Balaban J connectivity index is 1.45. The minimum atomic E-state index is 0.197. The molecule has 24 heavy (non-hydrogen) atoms. The molecule has 2 aromatic rings. The summed E-state index contributed by atoms with van der Waals surface area (Å²) < 4.78 is 11.1. The highest BCUT2D eigenvalue weighted by atomic mass is 16.5. The van der Waals surface area contributed by atoms with Gasteiger partial charge in [0.1, 0.15) is 0 Å². The van der Waals surface area contributed by atoms with Gasteiger partial charge in [-0.25, -0.2) is 0 Å². The van der Waals surface area contributed by atoms with E-state index in [1.807, 2.05) is 6.92 Å². The van der Waals surface area contributed by atoms with Gasteiger partial charge in [0, 0.05) is 12.0 Å². The van der Waals surface area contributed by atoms with Crippen LogP contribution in [0, 0.1) is 6.92 Å². The molecular formula is C18H26N4O2. The van der Waals surface area contributed by atoms with E-state index >= 15 is 0 Å². The van der Waals surface area contributed by atoms with Crippen LogP contribution >= 0.6 is 0 Å². The molecule has 0 spiro atoms. The molecular weight excluding hydrogens is 304 g/mol. The van der Waals surface area contributed by atoms with Crippen molar-refractivity contribution < 1.29 is 9.05 Å². The molecule has 1 aliphatic carbocycles. The van der Waals surface area contributed by atoms with Crippen molar-refractivity contribution >= 4 is 0 Å². The first-order chi connectivity index (χ1) is 11.8. The maximum Gasteiger partial charge on any atom is 0.243 e. The predicted octanol–water partition coefficient (Wildman–Crippen LogP) is 4.14. The van der Waals surface area contributed by atoms with Crippen molar-refractivity contribution in [2.75, 3.05) is 6.54 Å².